The SMILES string of the molecule is Cc1ccc(NC(=O)NC(C)C2CC2)c(C(=O)O)c1. The van der Waals surface area contributed by atoms with E-state index >= 15 is 0 Å². The number of aryl methyl sites for hydroxylation is 1. The number of carboxylic acid groups (broad SMARTS) is 1. The van der Waals surface area contributed by atoms with Crippen LogP contribution in [0, 0.1) is 12.8 Å². The van der Waals surface area contributed by atoms with Crippen LogP contribution in [0.25, 0.3) is 0 Å². The lowest BCUT2D eigenvalue weighted by Gasteiger charge is -2.15. The van der Waals surface area contributed by atoms with Gasteiger partial charge in [0, 0.05) is 6.04 Å². The van der Waals surface area contributed by atoms with E-state index in [1.165, 1.54) is 0 Å². The van der Waals surface area contributed by atoms with Crippen LogP contribution in [0.1, 0.15) is 35.7 Å². The molecule has 0 bridgehead atoms. The molecule has 1 atom stereocenters. The molecular formula is C14H18N2O3. The summed E-state index contributed by atoms with van der Waals surface area (Å²) in [5, 5.41) is 14.5. The average Bonchev–Trinajstić information content (AvgIpc) is 3.15. The summed E-state index contributed by atoms with van der Waals surface area (Å²) in [5.41, 5.74) is 1.27. The molecule has 1 aliphatic carbocycles. The van der Waals surface area contributed by atoms with E-state index in [4.69, 9.17) is 5.11 Å². The Morgan fingerprint density at radius 3 is 2.63 bits per heavy atom. The van der Waals surface area contributed by atoms with Gasteiger partial charge in [-0.3, -0.25) is 0 Å². The van der Waals surface area contributed by atoms with E-state index in [0.29, 0.717) is 11.6 Å². The second kappa shape index (κ2) is 5.30. The second-order valence-electron chi connectivity index (χ2n) is 5.08. The first kappa shape index (κ1) is 13.4. The molecule has 0 aromatic heterocycles. The van der Waals surface area contributed by atoms with Crippen molar-refractivity contribution in [2.24, 2.45) is 5.92 Å². The molecule has 19 heavy (non-hydrogen) atoms. The van der Waals surface area contributed by atoms with Gasteiger partial charge < -0.3 is 15.7 Å². The van der Waals surface area contributed by atoms with E-state index in [1.54, 1.807) is 18.2 Å². The van der Waals surface area contributed by atoms with Gasteiger partial charge in [0.25, 0.3) is 0 Å². The second-order valence-corrected chi connectivity index (χ2v) is 5.08. The molecule has 1 fully saturated rings. The molecule has 1 aliphatic rings. The Kier molecular flexibility index (Phi) is 3.74. The number of anilines is 1. The lowest BCUT2D eigenvalue weighted by molar-refractivity contribution is 0.0698. The number of hydrogen-bond donors (Lipinski definition) is 3. The zero-order chi connectivity index (χ0) is 14.0. The van der Waals surface area contributed by atoms with Gasteiger partial charge in [-0.1, -0.05) is 11.6 Å². The van der Waals surface area contributed by atoms with Crippen molar-refractivity contribution in [1.82, 2.24) is 5.32 Å². The molecule has 1 saturated carbocycles. The van der Waals surface area contributed by atoms with Crippen molar-refractivity contribution >= 4 is 17.7 Å². The van der Waals surface area contributed by atoms with Crippen LogP contribution >= 0.6 is 0 Å². The summed E-state index contributed by atoms with van der Waals surface area (Å²) in [6.45, 7) is 3.77. The van der Waals surface area contributed by atoms with Gasteiger partial charge in [-0.15, -0.1) is 0 Å². The van der Waals surface area contributed by atoms with Crippen molar-refractivity contribution < 1.29 is 14.7 Å². The van der Waals surface area contributed by atoms with Crippen LogP contribution in [0.15, 0.2) is 18.2 Å². The fourth-order valence-corrected chi connectivity index (χ4v) is 2.02. The minimum Gasteiger partial charge on any atom is -0.478 e. The summed E-state index contributed by atoms with van der Waals surface area (Å²) in [6, 6.07) is 4.69. The number of amides is 2. The Labute approximate surface area is 112 Å². The van der Waals surface area contributed by atoms with Crippen molar-refractivity contribution in [2.45, 2.75) is 32.7 Å². The topological polar surface area (TPSA) is 78.4 Å². The van der Waals surface area contributed by atoms with Crippen LogP contribution in [0.2, 0.25) is 0 Å². The largest absolute Gasteiger partial charge is 0.478 e. The van der Waals surface area contributed by atoms with Crippen LogP contribution in [-0.4, -0.2) is 23.1 Å². The summed E-state index contributed by atoms with van der Waals surface area (Å²) >= 11 is 0. The Morgan fingerprint density at radius 2 is 2.05 bits per heavy atom. The fourth-order valence-electron chi connectivity index (χ4n) is 2.02. The predicted molar refractivity (Wildman–Crippen MR) is 72.5 cm³/mol. The van der Waals surface area contributed by atoms with Crippen molar-refractivity contribution in [3.05, 3.63) is 29.3 Å². The highest BCUT2D eigenvalue weighted by Gasteiger charge is 2.29. The van der Waals surface area contributed by atoms with Crippen LogP contribution in [0.5, 0.6) is 0 Å². The first-order valence-electron chi connectivity index (χ1n) is 6.39. The van der Waals surface area contributed by atoms with Gasteiger partial charge in [0.05, 0.1) is 11.3 Å². The molecule has 0 spiro atoms. The molecular weight excluding hydrogens is 244 g/mol. The maximum atomic E-state index is 11.8. The lowest BCUT2D eigenvalue weighted by Crippen LogP contribution is -2.37. The number of urea groups is 1. The Morgan fingerprint density at radius 1 is 1.37 bits per heavy atom. The van der Waals surface area contributed by atoms with Gasteiger partial charge in [-0.2, -0.15) is 0 Å². The molecule has 0 saturated heterocycles. The molecule has 1 unspecified atom stereocenters. The van der Waals surface area contributed by atoms with Gasteiger partial charge in [0.2, 0.25) is 0 Å². The minimum absolute atomic E-state index is 0.106. The minimum atomic E-state index is -1.05. The highest BCUT2D eigenvalue weighted by molar-refractivity contribution is 6.00. The summed E-state index contributed by atoms with van der Waals surface area (Å²) in [7, 11) is 0. The maximum Gasteiger partial charge on any atom is 0.337 e. The molecule has 0 heterocycles. The number of aromatic carboxylic acids is 1. The van der Waals surface area contributed by atoms with Crippen LogP contribution in [-0.2, 0) is 0 Å². The van der Waals surface area contributed by atoms with E-state index in [2.05, 4.69) is 10.6 Å². The lowest BCUT2D eigenvalue weighted by atomic mass is 10.1. The molecule has 5 heteroatoms. The van der Waals surface area contributed by atoms with Crippen molar-refractivity contribution in [1.29, 1.82) is 0 Å². The molecule has 2 rings (SSSR count). The zero-order valence-electron chi connectivity index (χ0n) is 11.1. The first-order chi connectivity index (χ1) is 8.97. The Hall–Kier alpha value is -2.04. The highest BCUT2D eigenvalue weighted by Crippen LogP contribution is 2.32. The third-order valence-corrected chi connectivity index (χ3v) is 3.34. The number of carboxylic acids is 1. The fraction of sp³-hybridized carbons (Fsp3) is 0.429. The third-order valence-electron chi connectivity index (χ3n) is 3.34. The van der Waals surface area contributed by atoms with Crippen LogP contribution in [0.3, 0.4) is 0 Å². The van der Waals surface area contributed by atoms with Gasteiger partial charge >= 0.3 is 12.0 Å². The summed E-state index contributed by atoms with van der Waals surface area (Å²) in [4.78, 5) is 22.9. The Bertz CT molecular complexity index is 509. The first-order valence-corrected chi connectivity index (χ1v) is 6.39. The number of benzene rings is 1. The van der Waals surface area contributed by atoms with E-state index in [9.17, 15) is 9.59 Å². The predicted octanol–water partition coefficient (Wildman–Crippen LogP) is 2.61. The van der Waals surface area contributed by atoms with Crippen molar-refractivity contribution in [3.63, 3.8) is 0 Å². The Balaban J connectivity index is 2.05. The number of hydrogen-bond acceptors (Lipinski definition) is 2. The van der Waals surface area contributed by atoms with Crippen molar-refractivity contribution in [3.8, 4) is 0 Å². The highest BCUT2D eigenvalue weighted by atomic mass is 16.4. The van der Waals surface area contributed by atoms with Crippen LogP contribution < -0.4 is 10.6 Å². The number of carbonyl (C=O) groups is 2. The standard InChI is InChI=1S/C14H18N2O3/c1-8-3-6-12(11(7-8)13(17)18)16-14(19)15-9(2)10-4-5-10/h3,6-7,9-10H,4-5H2,1-2H3,(H,17,18)(H2,15,16,19). The number of rotatable bonds is 4. The van der Waals surface area contributed by atoms with E-state index in [-0.39, 0.29) is 17.6 Å². The number of carbonyl (C=O) groups excluding carboxylic acids is 1. The molecule has 2 amide bonds. The van der Waals surface area contributed by atoms with E-state index < -0.39 is 5.97 Å². The van der Waals surface area contributed by atoms with Crippen molar-refractivity contribution in [2.75, 3.05) is 5.32 Å². The summed E-state index contributed by atoms with van der Waals surface area (Å²) < 4.78 is 0. The molecule has 1 aromatic carbocycles. The molecule has 3 N–H and O–H groups in total. The van der Waals surface area contributed by atoms with Gasteiger partial charge in [-0.25, -0.2) is 9.59 Å². The van der Waals surface area contributed by atoms with E-state index in [1.807, 2.05) is 13.8 Å². The van der Waals surface area contributed by atoms with E-state index in [0.717, 1.165) is 18.4 Å². The summed E-state index contributed by atoms with van der Waals surface area (Å²) in [5.74, 6) is -0.489. The average molecular weight is 262 g/mol. The molecule has 0 radical (unpaired) electrons. The third kappa shape index (κ3) is 3.47. The van der Waals surface area contributed by atoms with Gasteiger partial charge in [0.1, 0.15) is 0 Å². The van der Waals surface area contributed by atoms with Gasteiger partial charge in [0.15, 0.2) is 0 Å². The van der Waals surface area contributed by atoms with Crippen LogP contribution in [0.4, 0.5) is 10.5 Å². The number of nitrogens with one attached hydrogen (secondary N) is 2. The molecule has 102 valence electrons. The monoisotopic (exact) mass is 262 g/mol. The smallest absolute Gasteiger partial charge is 0.337 e. The summed E-state index contributed by atoms with van der Waals surface area (Å²) in [6.07, 6.45) is 2.29. The normalized spacial score (nSPS) is 15.7. The molecule has 0 aliphatic heterocycles. The maximum absolute atomic E-state index is 11.8. The molecule has 5 nitrogen and oxygen atoms in total. The van der Waals surface area contributed by atoms with Gasteiger partial charge in [-0.05, 0) is 44.7 Å². The quantitative estimate of drug-likeness (QED) is 0.780. The molecule has 1 aromatic rings. The zero-order valence-corrected chi connectivity index (χ0v) is 11.1.